The molecule has 0 saturated carbocycles. The second kappa shape index (κ2) is 5.32. The van der Waals surface area contributed by atoms with Crippen molar-refractivity contribution in [2.75, 3.05) is 0 Å². The van der Waals surface area contributed by atoms with E-state index in [1.807, 2.05) is 13.0 Å². The van der Waals surface area contributed by atoms with Crippen molar-refractivity contribution in [2.45, 2.75) is 24.1 Å². The van der Waals surface area contributed by atoms with Gasteiger partial charge in [-0.3, -0.25) is 0 Å². The Kier molecular flexibility index (Phi) is 3.79. The summed E-state index contributed by atoms with van der Waals surface area (Å²) in [5.74, 6) is 1.91. The van der Waals surface area contributed by atoms with E-state index in [9.17, 15) is 0 Å². The minimum absolute atomic E-state index is 0.587. The smallest absolute Gasteiger partial charge is 0.237 e. The van der Waals surface area contributed by atoms with E-state index in [4.69, 9.17) is 16.1 Å². The number of hydrogen-bond donors (Lipinski definition) is 0. The van der Waals surface area contributed by atoms with Crippen molar-refractivity contribution in [2.24, 2.45) is 0 Å². The fraction of sp³-hybridized carbons (Fsp3) is 0.300. The van der Waals surface area contributed by atoms with Gasteiger partial charge in [0.25, 0.3) is 0 Å². The van der Waals surface area contributed by atoms with E-state index in [0.29, 0.717) is 16.7 Å². The first-order valence-electron chi connectivity index (χ1n) is 4.84. The Morgan fingerprint density at radius 3 is 3.06 bits per heavy atom. The van der Waals surface area contributed by atoms with Gasteiger partial charge in [-0.25, -0.2) is 4.98 Å². The van der Waals surface area contributed by atoms with E-state index < -0.39 is 0 Å². The molecule has 2 aromatic heterocycles. The topological polar surface area (TPSA) is 51.8 Å². The van der Waals surface area contributed by atoms with Gasteiger partial charge >= 0.3 is 0 Å². The molecule has 2 rings (SSSR count). The van der Waals surface area contributed by atoms with Crippen LogP contribution >= 0.6 is 23.4 Å². The lowest BCUT2D eigenvalue weighted by Gasteiger charge is -1.98. The van der Waals surface area contributed by atoms with Gasteiger partial charge in [0.05, 0.1) is 10.8 Å². The lowest BCUT2D eigenvalue weighted by Crippen LogP contribution is -1.85. The van der Waals surface area contributed by atoms with Gasteiger partial charge in [0.1, 0.15) is 5.03 Å². The number of pyridine rings is 1. The third-order valence-corrected chi connectivity index (χ3v) is 3.29. The molecule has 2 aromatic rings. The van der Waals surface area contributed by atoms with Gasteiger partial charge in [-0.15, -0.1) is 0 Å². The van der Waals surface area contributed by atoms with Gasteiger partial charge in [0, 0.05) is 12.6 Å². The van der Waals surface area contributed by atoms with Crippen LogP contribution in [0.3, 0.4) is 0 Å². The molecule has 0 unspecified atom stereocenters. The van der Waals surface area contributed by atoms with Crippen molar-refractivity contribution in [3.8, 4) is 0 Å². The predicted octanol–water partition coefficient (Wildman–Crippen LogP) is 2.97. The molecule has 84 valence electrons. The molecule has 0 aliphatic carbocycles. The van der Waals surface area contributed by atoms with Crippen LogP contribution < -0.4 is 0 Å². The Balaban J connectivity index is 1.99. The molecule has 6 heteroatoms. The average molecular weight is 256 g/mol. The summed E-state index contributed by atoms with van der Waals surface area (Å²) in [4.78, 5) is 8.37. The van der Waals surface area contributed by atoms with E-state index in [-0.39, 0.29) is 0 Å². The van der Waals surface area contributed by atoms with E-state index >= 15 is 0 Å². The molecular weight excluding hydrogens is 246 g/mol. The van der Waals surface area contributed by atoms with Gasteiger partial charge in [-0.2, -0.15) is 4.98 Å². The largest absolute Gasteiger partial charge is 0.338 e. The zero-order valence-corrected chi connectivity index (χ0v) is 10.3. The van der Waals surface area contributed by atoms with Crippen LogP contribution in [0.4, 0.5) is 0 Å². The maximum Gasteiger partial charge on any atom is 0.237 e. The molecule has 0 aliphatic heterocycles. The third kappa shape index (κ3) is 2.74. The third-order valence-electron chi connectivity index (χ3n) is 1.88. The summed E-state index contributed by atoms with van der Waals surface area (Å²) >= 11 is 7.46. The van der Waals surface area contributed by atoms with E-state index in [2.05, 4.69) is 15.1 Å². The first-order chi connectivity index (χ1) is 7.79. The zero-order valence-electron chi connectivity index (χ0n) is 8.68. The van der Waals surface area contributed by atoms with Crippen molar-refractivity contribution in [3.63, 3.8) is 0 Å². The van der Waals surface area contributed by atoms with Gasteiger partial charge in [0.15, 0.2) is 5.82 Å². The van der Waals surface area contributed by atoms with Gasteiger partial charge < -0.3 is 4.52 Å². The Hall–Kier alpha value is -1.07. The first-order valence-corrected chi connectivity index (χ1v) is 6.20. The second-order valence-electron chi connectivity index (χ2n) is 3.04. The number of aryl methyl sites for hydroxylation is 1. The molecular formula is C10H10ClN3OS. The molecule has 16 heavy (non-hydrogen) atoms. The Morgan fingerprint density at radius 2 is 2.38 bits per heavy atom. The number of aromatic nitrogens is 3. The maximum absolute atomic E-state index is 5.97. The highest BCUT2D eigenvalue weighted by Gasteiger charge is 2.07. The minimum atomic E-state index is 0.587. The number of thioether (sulfide) groups is 1. The molecule has 0 radical (unpaired) electrons. The summed E-state index contributed by atoms with van der Waals surface area (Å²) in [7, 11) is 0. The highest BCUT2D eigenvalue weighted by molar-refractivity contribution is 7.98. The van der Waals surface area contributed by atoms with Crippen LogP contribution in [0.15, 0.2) is 27.9 Å². The fourth-order valence-corrected chi connectivity index (χ4v) is 2.10. The zero-order chi connectivity index (χ0) is 11.4. The summed E-state index contributed by atoms with van der Waals surface area (Å²) in [6, 6.07) is 3.61. The summed E-state index contributed by atoms with van der Waals surface area (Å²) < 4.78 is 5.06. The second-order valence-corrected chi connectivity index (χ2v) is 4.41. The highest BCUT2D eigenvalue weighted by atomic mass is 35.5. The van der Waals surface area contributed by atoms with Crippen LogP contribution in [0.25, 0.3) is 0 Å². The number of hydrogen-bond acceptors (Lipinski definition) is 5. The molecule has 0 spiro atoms. The standard InChI is InChI=1S/C10H10ClN3OS/c1-2-8-13-9(15-14-8)6-16-10-7(11)4-3-5-12-10/h3-5H,2,6H2,1H3. The summed E-state index contributed by atoms with van der Waals surface area (Å²) in [5, 5.41) is 5.24. The Labute approximate surface area is 102 Å². The van der Waals surface area contributed by atoms with Gasteiger partial charge in [-0.1, -0.05) is 35.4 Å². The lowest BCUT2D eigenvalue weighted by atomic mass is 10.5. The molecule has 0 bridgehead atoms. The van der Waals surface area contributed by atoms with Gasteiger partial charge in [-0.05, 0) is 12.1 Å². The first kappa shape index (κ1) is 11.4. The van der Waals surface area contributed by atoms with E-state index in [0.717, 1.165) is 17.3 Å². The maximum atomic E-state index is 5.97. The van der Waals surface area contributed by atoms with Gasteiger partial charge in [0.2, 0.25) is 5.89 Å². The molecule has 0 aromatic carbocycles. The number of halogens is 1. The quantitative estimate of drug-likeness (QED) is 0.786. The summed E-state index contributed by atoms with van der Waals surface area (Å²) in [5.41, 5.74) is 0. The molecule has 4 nitrogen and oxygen atoms in total. The Bertz CT molecular complexity index is 475. The van der Waals surface area contributed by atoms with Crippen molar-refractivity contribution in [1.29, 1.82) is 0 Å². The van der Waals surface area contributed by atoms with E-state index in [1.165, 1.54) is 11.8 Å². The average Bonchev–Trinajstić information content (AvgIpc) is 2.76. The number of nitrogens with zero attached hydrogens (tertiary/aromatic N) is 3. The van der Waals surface area contributed by atoms with Crippen molar-refractivity contribution in [1.82, 2.24) is 15.1 Å². The highest BCUT2D eigenvalue weighted by Crippen LogP contribution is 2.26. The van der Waals surface area contributed by atoms with Crippen molar-refractivity contribution >= 4 is 23.4 Å². The molecule has 2 heterocycles. The van der Waals surface area contributed by atoms with Crippen LogP contribution in [0.2, 0.25) is 5.02 Å². The Morgan fingerprint density at radius 1 is 1.50 bits per heavy atom. The van der Waals surface area contributed by atoms with Crippen LogP contribution in [0, 0.1) is 0 Å². The SMILES string of the molecule is CCc1noc(CSc2ncccc2Cl)n1. The predicted molar refractivity (Wildman–Crippen MR) is 62.5 cm³/mol. The van der Waals surface area contributed by atoms with E-state index in [1.54, 1.807) is 12.3 Å². The normalized spacial score (nSPS) is 10.6. The van der Waals surface area contributed by atoms with Crippen LogP contribution in [-0.2, 0) is 12.2 Å². The molecule has 0 saturated heterocycles. The summed E-state index contributed by atoms with van der Waals surface area (Å²) in [6.45, 7) is 1.98. The molecule has 0 N–H and O–H groups in total. The van der Waals surface area contributed by atoms with Crippen molar-refractivity contribution < 1.29 is 4.52 Å². The molecule has 0 atom stereocenters. The monoisotopic (exact) mass is 255 g/mol. The molecule has 0 fully saturated rings. The molecule has 0 amide bonds. The minimum Gasteiger partial charge on any atom is -0.338 e. The molecule has 0 aliphatic rings. The number of rotatable bonds is 4. The van der Waals surface area contributed by atoms with Crippen LogP contribution in [0.5, 0.6) is 0 Å². The van der Waals surface area contributed by atoms with Crippen LogP contribution in [-0.4, -0.2) is 15.1 Å². The van der Waals surface area contributed by atoms with Crippen molar-refractivity contribution in [3.05, 3.63) is 35.1 Å². The fourth-order valence-electron chi connectivity index (χ4n) is 1.10. The van der Waals surface area contributed by atoms with Crippen LogP contribution in [0.1, 0.15) is 18.6 Å². The summed E-state index contributed by atoms with van der Waals surface area (Å²) in [6.07, 6.45) is 2.48. The lowest BCUT2D eigenvalue weighted by molar-refractivity contribution is 0.385.